The zero-order valence-corrected chi connectivity index (χ0v) is 12.8. The fraction of sp³-hybridized carbons (Fsp3) is 0.588. The van der Waals surface area contributed by atoms with Crippen LogP contribution in [0.3, 0.4) is 0 Å². The van der Waals surface area contributed by atoms with Gasteiger partial charge in [-0.25, -0.2) is 0 Å². The van der Waals surface area contributed by atoms with E-state index in [-0.39, 0.29) is 5.92 Å². The molecular weight excluding hydrogens is 272 g/mol. The number of hydrogen-bond acceptors (Lipinski definition) is 1. The summed E-state index contributed by atoms with van der Waals surface area (Å²) < 4.78 is 0. The average Bonchev–Trinajstić information content (AvgIpc) is 2.46. The Bertz CT molecular complexity index is 433. The predicted molar refractivity (Wildman–Crippen MR) is 82.0 cm³/mol. The summed E-state index contributed by atoms with van der Waals surface area (Å²) >= 11 is 5.88. The van der Waals surface area contributed by atoms with Crippen molar-refractivity contribution in [2.75, 3.05) is 0 Å². The van der Waals surface area contributed by atoms with Gasteiger partial charge in [-0.05, 0) is 48.8 Å². The van der Waals surface area contributed by atoms with E-state index in [0.29, 0.717) is 17.4 Å². The molecule has 1 unspecified atom stereocenters. The van der Waals surface area contributed by atoms with E-state index in [1.807, 2.05) is 24.3 Å². The molecule has 1 N–H and O–H groups in total. The van der Waals surface area contributed by atoms with E-state index in [1.165, 1.54) is 19.3 Å². The van der Waals surface area contributed by atoms with Crippen molar-refractivity contribution in [2.45, 2.75) is 45.4 Å². The predicted octanol–water partition coefficient (Wildman–Crippen LogP) is 4.80. The summed E-state index contributed by atoms with van der Waals surface area (Å²) in [6.45, 7) is 2.23. The Balaban J connectivity index is 2.00. The van der Waals surface area contributed by atoms with Crippen LogP contribution in [-0.2, 0) is 11.2 Å². The first-order valence-corrected chi connectivity index (χ1v) is 7.95. The number of carboxylic acids is 1. The smallest absolute Gasteiger partial charge is 0.307 e. The molecule has 0 bridgehead atoms. The molecule has 110 valence electrons. The van der Waals surface area contributed by atoms with Crippen LogP contribution in [0.25, 0.3) is 0 Å². The second kappa shape index (κ2) is 7.12. The summed E-state index contributed by atoms with van der Waals surface area (Å²) in [6, 6.07) is 7.56. The molecule has 1 aliphatic carbocycles. The van der Waals surface area contributed by atoms with Gasteiger partial charge in [0.25, 0.3) is 0 Å². The van der Waals surface area contributed by atoms with E-state index < -0.39 is 5.97 Å². The van der Waals surface area contributed by atoms with Gasteiger partial charge in [-0.3, -0.25) is 4.79 Å². The number of rotatable bonds is 5. The van der Waals surface area contributed by atoms with Crippen LogP contribution in [-0.4, -0.2) is 11.1 Å². The van der Waals surface area contributed by atoms with Crippen molar-refractivity contribution >= 4 is 17.6 Å². The lowest BCUT2D eigenvalue weighted by Gasteiger charge is -2.31. The van der Waals surface area contributed by atoms with Crippen LogP contribution in [0.5, 0.6) is 0 Å². The second-order valence-electron chi connectivity index (χ2n) is 5.96. The molecule has 1 saturated carbocycles. The van der Waals surface area contributed by atoms with E-state index in [2.05, 4.69) is 6.92 Å². The first kappa shape index (κ1) is 15.4. The Morgan fingerprint density at radius 2 is 1.85 bits per heavy atom. The minimum absolute atomic E-state index is 0.256. The van der Waals surface area contributed by atoms with Crippen molar-refractivity contribution in [3.05, 3.63) is 34.9 Å². The molecule has 1 atom stereocenters. The van der Waals surface area contributed by atoms with Gasteiger partial charge in [-0.2, -0.15) is 0 Å². The number of carboxylic acid groups (broad SMARTS) is 1. The van der Waals surface area contributed by atoms with Gasteiger partial charge in [0, 0.05) is 5.02 Å². The second-order valence-corrected chi connectivity index (χ2v) is 6.40. The van der Waals surface area contributed by atoms with Crippen LogP contribution in [0.2, 0.25) is 5.02 Å². The van der Waals surface area contributed by atoms with Crippen LogP contribution < -0.4 is 0 Å². The van der Waals surface area contributed by atoms with Gasteiger partial charge in [0.1, 0.15) is 0 Å². The molecule has 1 aliphatic rings. The molecule has 2 nitrogen and oxygen atoms in total. The van der Waals surface area contributed by atoms with E-state index in [9.17, 15) is 9.90 Å². The first-order valence-electron chi connectivity index (χ1n) is 7.57. The summed E-state index contributed by atoms with van der Waals surface area (Å²) in [5.41, 5.74) is 1.07. The van der Waals surface area contributed by atoms with E-state index >= 15 is 0 Å². The molecule has 0 heterocycles. The Morgan fingerprint density at radius 1 is 1.25 bits per heavy atom. The average molecular weight is 295 g/mol. The molecule has 0 spiro atoms. The van der Waals surface area contributed by atoms with E-state index in [0.717, 1.165) is 24.3 Å². The molecule has 1 aromatic rings. The van der Waals surface area contributed by atoms with Crippen molar-refractivity contribution in [3.63, 3.8) is 0 Å². The molecule has 0 aliphatic heterocycles. The quantitative estimate of drug-likeness (QED) is 0.847. The lowest BCUT2D eigenvalue weighted by molar-refractivity contribution is -0.144. The number of benzene rings is 1. The molecule has 0 amide bonds. The lowest BCUT2D eigenvalue weighted by Crippen LogP contribution is -2.29. The molecule has 3 heteroatoms. The molecule has 0 aromatic heterocycles. The molecule has 2 rings (SSSR count). The van der Waals surface area contributed by atoms with Crippen molar-refractivity contribution in [1.82, 2.24) is 0 Å². The lowest BCUT2D eigenvalue weighted by atomic mass is 9.73. The van der Waals surface area contributed by atoms with Gasteiger partial charge in [0.2, 0.25) is 0 Å². The summed E-state index contributed by atoms with van der Waals surface area (Å²) in [7, 11) is 0. The highest BCUT2D eigenvalue weighted by atomic mass is 35.5. The third-order valence-corrected chi connectivity index (χ3v) is 4.98. The molecule has 0 radical (unpaired) electrons. The zero-order valence-electron chi connectivity index (χ0n) is 12.0. The first-order chi connectivity index (χ1) is 9.60. The Hall–Kier alpha value is -1.02. The van der Waals surface area contributed by atoms with Crippen molar-refractivity contribution in [2.24, 2.45) is 17.8 Å². The number of carbonyl (C=O) groups is 1. The fourth-order valence-corrected chi connectivity index (χ4v) is 3.45. The minimum Gasteiger partial charge on any atom is -0.481 e. The summed E-state index contributed by atoms with van der Waals surface area (Å²) in [5, 5.41) is 10.2. The molecule has 20 heavy (non-hydrogen) atoms. The topological polar surface area (TPSA) is 37.3 Å². The zero-order chi connectivity index (χ0) is 14.5. The van der Waals surface area contributed by atoms with Crippen molar-refractivity contribution < 1.29 is 9.90 Å². The van der Waals surface area contributed by atoms with Crippen LogP contribution >= 0.6 is 11.6 Å². The molecule has 0 saturated heterocycles. The van der Waals surface area contributed by atoms with Crippen LogP contribution in [0.4, 0.5) is 0 Å². The Morgan fingerprint density at radius 3 is 2.35 bits per heavy atom. The molecule has 1 fully saturated rings. The number of halogens is 1. The Labute approximate surface area is 126 Å². The molecular formula is C17H23ClO2. The summed E-state index contributed by atoms with van der Waals surface area (Å²) in [5.74, 6) is 0.219. The summed E-state index contributed by atoms with van der Waals surface area (Å²) in [6.07, 6.45) is 6.33. The largest absolute Gasteiger partial charge is 0.481 e. The number of hydrogen-bond donors (Lipinski definition) is 1. The van der Waals surface area contributed by atoms with E-state index in [4.69, 9.17) is 11.6 Å². The van der Waals surface area contributed by atoms with Crippen LogP contribution in [0.15, 0.2) is 24.3 Å². The highest BCUT2D eigenvalue weighted by Crippen LogP contribution is 2.36. The van der Waals surface area contributed by atoms with Gasteiger partial charge in [-0.15, -0.1) is 0 Å². The monoisotopic (exact) mass is 294 g/mol. The maximum absolute atomic E-state index is 11.6. The van der Waals surface area contributed by atoms with Crippen molar-refractivity contribution in [3.8, 4) is 0 Å². The van der Waals surface area contributed by atoms with Gasteiger partial charge in [0.15, 0.2) is 0 Å². The number of aliphatic carboxylic acids is 1. The maximum atomic E-state index is 11.6. The summed E-state index contributed by atoms with van der Waals surface area (Å²) in [4.78, 5) is 11.6. The van der Waals surface area contributed by atoms with E-state index in [1.54, 1.807) is 0 Å². The molecule has 1 aromatic carbocycles. The maximum Gasteiger partial charge on any atom is 0.307 e. The van der Waals surface area contributed by atoms with Crippen molar-refractivity contribution in [1.29, 1.82) is 0 Å². The van der Waals surface area contributed by atoms with Gasteiger partial charge >= 0.3 is 5.97 Å². The van der Waals surface area contributed by atoms with Gasteiger partial charge in [-0.1, -0.05) is 49.9 Å². The highest BCUT2D eigenvalue weighted by Gasteiger charge is 2.31. The third kappa shape index (κ3) is 3.99. The van der Waals surface area contributed by atoms with Crippen LogP contribution in [0, 0.1) is 17.8 Å². The fourth-order valence-electron chi connectivity index (χ4n) is 3.33. The van der Waals surface area contributed by atoms with Gasteiger partial charge < -0.3 is 5.11 Å². The SMILES string of the molecule is CCC1CCC(C(Cc2ccc(Cl)cc2)C(=O)O)CC1. The highest BCUT2D eigenvalue weighted by molar-refractivity contribution is 6.30. The normalized spacial score (nSPS) is 24.3. The Kier molecular flexibility index (Phi) is 5.47. The third-order valence-electron chi connectivity index (χ3n) is 4.72. The van der Waals surface area contributed by atoms with Crippen LogP contribution in [0.1, 0.15) is 44.6 Å². The minimum atomic E-state index is -0.653. The van der Waals surface area contributed by atoms with Gasteiger partial charge in [0.05, 0.1) is 5.92 Å². The standard InChI is InChI=1S/C17H23ClO2/c1-2-12-3-7-14(8-4-12)16(17(19)20)11-13-5-9-15(18)10-6-13/h5-6,9-10,12,14,16H,2-4,7-8,11H2,1H3,(H,19,20).